The highest BCUT2D eigenvalue weighted by atomic mass is 16.5. The van der Waals surface area contributed by atoms with Crippen molar-refractivity contribution in [2.45, 2.75) is 31.7 Å². The van der Waals surface area contributed by atoms with E-state index in [0.717, 1.165) is 42.0 Å². The Morgan fingerprint density at radius 3 is 2.71 bits per heavy atom. The number of carbonyl (C=O) groups excluding carboxylic acids is 1. The predicted molar refractivity (Wildman–Crippen MR) is 94.5 cm³/mol. The van der Waals surface area contributed by atoms with E-state index >= 15 is 0 Å². The Hall–Kier alpha value is -2.80. The molecule has 0 spiro atoms. The molecule has 24 heavy (non-hydrogen) atoms. The van der Waals surface area contributed by atoms with Gasteiger partial charge in [-0.25, -0.2) is 0 Å². The van der Waals surface area contributed by atoms with Crippen molar-refractivity contribution in [1.82, 2.24) is 5.32 Å². The molecule has 0 atom stereocenters. The van der Waals surface area contributed by atoms with Crippen LogP contribution in [0.25, 0.3) is 16.8 Å². The summed E-state index contributed by atoms with van der Waals surface area (Å²) in [5, 5.41) is 14.4. The summed E-state index contributed by atoms with van der Waals surface area (Å²) in [5.41, 5.74) is 0.866. The van der Waals surface area contributed by atoms with Crippen LogP contribution in [0.1, 0.15) is 31.2 Å². The summed E-state index contributed by atoms with van der Waals surface area (Å²) in [7, 11) is 1.59. The average Bonchev–Trinajstić information content (AvgIpc) is 3.12. The smallest absolute Gasteiger partial charge is 0.262 e. The van der Waals surface area contributed by atoms with Gasteiger partial charge in [0.05, 0.1) is 7.11 Å². The van der Waals surface area contributed by atoms with E-state index in [1.807, 2.05) is 42.5 Å². The maximum absolute atomic E-state index is 12.4. The fourth-order valence-electron chi connectivity index (χ4n) is 3.23. The van der Waals surface area contributed by atoms with Crippen molar-refractivity contribution in [2.24, 2.45) is 0 Å². The third kappa shape index (κ3) is 3.26. The summed E-state index contributed by atoms with van der Waals surface area (Å²) in [6.07, 6.45) is 5.87. The Kier molecular flexibility index (Phi) is 4.81. The first-order valence-corrected chi connectivity index (χ1v) is 8.21. The molecule has 3 rings (SSSR count). The van der Waals surface area contributed by atoms with Crippen molar-refractivity contribution in [3.8, 4) is 11.8 Å². The largest absolute Gasteiger partial charge is 0.496 e. The van der Waals surface area contributed by atoms with Crippen LogP contribution >= 0.6 is 0 Å². The van der Waals surface area contributed by atoms with Gasteiger partial charge >= 0.3 is 0 Å². The normalized spacial score (nSPS) is 15.2. The van der Waals surface area contributed by atoms with Gasteiger partial charge in [0.25, 0.3) is 5.91 Å². The van der Waals surface area contributed by atoms with Gasteiger partial charge in [-0.15, -0.1) is 0 Å². The molecule has 0 radical (unpaired) electrons. The lowest BCUT2D eigenvalue weighted by molar-refractivity contribution is -0.117. The Labute approximate surface area is 141 Å². The first-order chi connectivity index (χ1) is 11.7. The van der Waals surface area contributed by atoms with Crippen LogP contribution in [0.2, 0.25) is 0 Å². The van der Waals surface area contributed by atoms with Crippen LogP contribution < -0.4 is 10.1 Å². The van der Waals surface area contributed by atoms with Crippen LogP contribution in [-0.4, -0.2) is 19.1 Å². The lowest BCUT2D eigenvalue weighted by Crippen LogP contribution is -2.33. The molecule has 0 saturated heterocycles. The number of benzene rings is 2. The zero-order valence-electron chi connectivity index (χ0n) is 13.7. The number of carbonyl (C=O) groups is 1. The van der Waals surface area contributed by atoms with Gasteiger partial charge in [-0.2, -0.15) is 5.26 Å². The fourth-order valence-corrected chi connectivity index (χ4v) is 3.23. The maximum Gasteiger partial charge on any atom is 0.262 e. The summed E-state index contributed by atoms with van der Waals surface area (Å²) < 4.78 is 5.43. The number of amides is 1. The molecular formula is C20H20N2O2. The van der Waals surface area contributed by atoms with E-state index < -0.39 is 0 Å². The molecular weight excluding hydrogens is 300 g/mol. The number of methoxy groups -OCH3 is 1. The molecule has 0 unspecified atom stereocenters. The number of hydrogen-bond acceptors (Lipinski definition) is 3. The van der Waals surface area contributed by atoms with Crippen molar-refractivity contribution in [3.05, 3.63) is 47.5 Å². The minimum atomic E-state index is -0.306. The fraction of sp³-hybridized carbons (Fsp3) is 0.300. The molecule has 2 aromatic rings. The molecule has 1 fully saturated rings. The number of hydrogen-bond donors (Lipinski definition) is 1. The first-order valence-electron chi connectivity index (χ1n) is 8.21. The molecule has 4 nitrogen and oxygen atoms in total. The molecule has 1 N–H and O–H groups in total. The molecule has 1 saturated carbocycles. The second kappa shape index (κ2) is 7.18. The third-order valence-electron chi connectivity index (χ3n) is 4.49. The van der Waals surface area contributed by atoms with Crippen molar-refractivity contribution < 1.29 is 9.53 Å². The van der Waals surface area contributed by atoms with Crippen LogP contribution in [0.3, 0.4) is 0 Å². The number of ether oxygens (including phenoxy) is 1. The quantitative estimate of drug-likeness (QED) is 0.688. The van der Waals surface area contributed by atoms with Gasteiger partial charge < -0.3 is 10.1 Å². The van der Waals surface area contributed by atoms with Crippen molar-refractivity contribution in [1.29, 1.82) is 5.26 Å². The van der Waals surface area contributed by atoms with Gasteiger partial charge in [0.2, 0.25) is 0 Å². The van der Waals surface area contributed by atoms with Crippen LogP contribution in [0, 0.1) is 11.3 Å². The van der Waals surface area contributed by atoms with Crippen molar-refractivity contribution in [3.63, 3.8) is 0 Å². The van der Waals surface area contributed by atoms with Crippen molar-refractivity contribution in [2.75, 3.05) is 7.11 Å². The van der Waals surface area contributed by atoms with E-state index in [1.54, 1.807) is 13.2 Å². The van der Waals surface area contributed by atoms with E-state index in [0.29, 0.717) is 5.75 Å². The molecule has 122 valence electrons. The van der Waals surface area contributed by atoms with Gasteiger partial charge in [0.15, 0.2) is 0 Å². The van der Waals surface area contributed by atoms with Crippen LogP contribution in [0.5, 0.6) is 5.75 Å². The van der Waals surface area contributed by atoms with E-state index in [1.165, 1.54) is 0 Å². The summed E-state index contributed by atoms with van der Waals surface area (Å²) in [6, 6.07) is 13.9. The molecule has 0 heterocycles. The Balaban J connectivity index is 1.99. The molecule has 1 aliphatic rings. The minimum Gasteiger partial charge on any atom is -0.496 e. The zero-order valence-corrected chi connectivity index (χ0v) is 13.7. The first kappa shape index (κ1) is 16.1. The van der Waals surface area contributed by atoms with Gasteiger partial charge in [0.1, 0.15) is 17.4 Å². The number of nitrogens with zero attached hydrogens (tertiary/aromatic N) is 1. The predicted octanol–water partition coefficient (Wildman–Crippen LogP) is 3.81. The van der Waals surface area contributed by atoms with E-state index in [2.05, 4.69) is 5.32 Å². The van der Waals surface area contributed by atoms with E-state index in [9.17, 15) is 10.1 Å². The highest BCUT2D eigenvalue weighted by molar-refractivity contribution is 6.05. The number of fused-ring (bicyclic) bond motifs is 1. The Morgan fingerprint density at radius 1 is 1.25 bits per heavy atom. The van der Waals surface area contributed by atoms with Crippen LogP contribution in [-0.2, 0) is 4.79 Å². The Bertz CT molecular complexity index is 827. The second-order valence-corrected chi connectivity index (χ2v) is 6.03. The molecule has 4 heteroatoms. The minimum absolute atomic E-state index is 0.108. The van der Waals surface area contributed by atoms with E-state index in [-0.39, 0.29) is 17.5 Å². The number of nitrogens with one attached hydrogen (secondary N) is 1. The second-order valence-electron chi connectivity index (χ2n) is 6.03. The third-order valence-corrected chi connectivity index (χ3v) is 4.49. The lowest BCUT2D eigenvalue weighted by atomic mass is 10.0. The summed E-state index contributed by atoms with van der Waals surface area (Å²) >= 11 is 0. The molecule has 0 bridgehead atoms. The van der Waals surface area contributed by atoms with Gasteiger partial charge in [0, 0.05) is 11.6 Å². The SMILES string of the molecule is COc1ccc2ccccc2c1/C=C(/C#N)C(=O)NC1CCCC1. The van der Waals surface area contributed by atoms with E-state index in [4.69, 9.17) is 4.74 Å². The standard InChI is InChI=1S/C20H20N2O2/c1-24-19-11-10-14-6-2-5-9-17(14)18(19)12-15(13-21)20(23)22-16-7-3-4-8-16/h2,5-6,9-12,16H,3-4,7-8H2,1H3,(H,22,23)/b15-12-. The van der Waals surface area contributed by atoms with Gasteiger partial charge in [-0.3, -0.25) is 4.79 Å². The zero-order chi connectivity index (χ0) is 16.9. The van der Waals surface area contributed by atoms with Crippen molar-refractivity contribution >= 4 is 22.8 Å². The maximum atomic E-state index is 12.4. The van der Waals surface area contributed by atoms with Gasteiger partial charge in [-0.05, 0) is 35.8 Å². The molecule has 0 aliphatic heterocycles. The average molecular weight is 320 g/mol. The molecule has 0 aromatic heterocycles. The lowest BCUT2D eigenvalue weighted by Gasteiger charge is -2.12. The van der Waals surface area contributed by atoms with Crippen LogP contribution in [0.15, 0.2) is 42.0 Å². The summed E-state index contributed by atoms with van der Waals surface area (Å²) in [6.45, 7) is 0. The molecule has 2 aromatic carbocycles. The summed E-state index contributed by atoms with van der Waals surface area (Å²) in [5.74, 6) is 0.342. The highest BCUT2D eigenvalue weighted by Gasteiger charge is 2.20. The highest BCUT2D eigenvalue weighted by Crippen LogP contribution is 2.30. The molecule has 1 aliphatic carbocycles. The number of rotatable bonds is 4. The summed E-state index contributed by atoms with van der Waals surface area (Å²) in [4.78, 5) is 12.4. The number of nitriles is 1. The van der Waals surface area contributed by atoms with Gasteiger partial charge in [-0.1, -0.05) is 43.2 Å². The topological polar surface area (TPSA) is 62.1 Å². The molecule has 1 amide bonds. The monoisotopic (exact) mass is 320 g/mol. The Morgan fingerprint density at radius 2 is 2.00 bits per heavy atom. The van der Waals surface area contributed by atoms with Crippen LogP contribution in [0.4, 0.5) is 0 Å².